The highest BCUT2D eigenvalue weighted by atomic mass is 32.1. The van der Waals surface area contributed by atoms with Crippen LogP contribution in [0, 0.1) is 13.8 Å². The Morgan fingerprint density at radius 1 is 1.41 bits per heavy atom. The van der Waals surface area contributed by atoms with E-state index in [9.17, 15) is 0 Å². The topological polar surface area (TPSA) is 34.1 Å². The maximum Gasteiger partial charge on any atom is 0.183 e. The molecule has 0 fully saturated rings. The molecule has 0 unspecified atom stereocenters. The number of hydrogen-bond donors (Lipinski definition) is 1. The molecule has 0 atom stereocenters. The van der Waals surface area contributed by atoms with Gasteiger partial charge in [-0.1, -0.05) is 0 Å². The number of ether oxygens (including phenoxy) is 1. The van der Waals surface area contributed by atoms with E-state index in [4.69, 9.17) is 4.74 Å². The molecule has 2 aromatic rings. The summed E-state index contributed by atoms with van der Waals surface area (Å²) in [5, 5.41) is 6.31. The number of rotatable bonds is 5. The van der Waals surface area contributed by atoms with Crippen molar-refractivity contribution in [1.82, 2.24) is 4.98 Å². The molecule has 17 heavy (non-hydrogen) atoms. The molecule has 3 nitrogen and oxygen atoms in total. The lowest BCUT2D eigenvalue weighted by molar-refractivity contribution is 0.211. The van der Waals surface area contributed by atoms with E-state index in [2.05, 4.69) is 35.6 Å². The van der Waals surface area contributed by atoms with E-state index < -0.39 is 0 Å². The zero-order valence-corrected chi connectivity index (χ0v) is 11.9. The van der Waals surface area contributed by atoms with Gasteiger partial charge in [-0.3, -0.25) is 0 Å². The number of thiophene rings is 1. The summed E-state index contributed by atoms with van der Waals surface area (Å²) in [7, 11) is 1.70. The summed E-state index contributed by atoms with van der Waals surface area (Å²) in [6, 6.07) is 2.20. The molecule has 2 heterocycles. The SMILES string of the molecule is COCCNc1nc(-c2cc(C)sc2C)cs1. The third-order valence-electron chi connectivity index (χ3n) is 2.40. The number of methoxy groups -OCH3 is 1. The molecule has 2 aromatic heterocycles. The second-order valence-electron chi connectivity index (χ2n) is 3.78. The number of aromatic nitrogens is 1. The normalized spacial score (nSPS) is 10.8. The summed E-state index contributed by atoms with van der Waals surface area (Å²) >= 11 is 3.46. The van der Waals surface area contributed by atoms with Gasteiger partial charge in [0.25, 0.3) is 0 Å². The summed E-state index contributed by atoms with van der Waals surface area (Å²) in [6.07, 6.45) is 0. The van der Waals surface area contributed by atoms with Crippen molar-refractivity contribution < 1.29 is 4.74 Å². The minimum Gasteiger partial charge on any atom is -0.383 e. The lowest BCUT2D eigenvalue weighted by Crippen LogP contribution is -2.06. The standard InChI is InChI=1S/C12H16N2OS2/c1-8-6-10(9(2)17-8)11-7-16-12(14-11)13-4-5-15-3/h6-7H,4-5H2,1-3H3,(H,13,14). The van der Waals surface area contributed by atoms with Crippen molar-refractivity contribution in [3.8, 4) is 11.3 Å². The molecule has 92 valence electrons. The van der Waals surface area contributed by atoms with Crippen LogP contribution >= 0.6 is 22.7 Å². The van der Waals surface area contributed by atoms with Gasteiger partial charge in [-0.15, -0.1) is 22.7 Å². The van der Waals surface area contributed by atoms with Crippen molar-refractivity contribution >= 4 is 27.8 Å². The fourth-order valence-electron chi connectivity index (χ4n) is 1.62. The van der Waals surface area contributed by atoms with Crippen molar-refractivity contribution in [2.24, 2.45) is 0 Å². The first kappa shape index (κ1) is 12.5. The molecule has 0 saturated heterocycles. The minimum atomic E-state index is 0.700. The fourth-order valence-corrected chi connectivity index (χ4v) is 3.30. The van der Waals surface area contributed by atoms with Crippen molar-refractivity contribution in [1.29, 1.82) is 0 Å². The van der Waals surface area contributed by atoms with Crippen LogP contribution < -0.4 is 5.32 Å². The second-order valence-corrected chi connectivity index (χ2v) is 6.10. The van der Waals surface area contributed by atoms with Gasteiger partial charge in [0.05, 0.1) is 12.3 Å². The van der Waals surface area contributed by atoms with Gasteiger partial charge < -0.3 is 10.1 Å². The first-order chi connectivity index (χ1) is 8.20. The van der Waals surface area contributed by atoms with E-state index in [-0.39, 0.29) is 0 Å². The summed E-state index contributed by atoms with van der Waals surface area (Å²) in [5.41, 5.74) is 2.32. The van der Waals surface area contributed by atoms with Gasteiger partial charge in [0.1, 0.15) is 0 Å². The first-order valence-corrected chi connectivity index (χ1v) is 7.16. The van der Waals surface area contributed by atoms with Crippen LogP contribution in [0.25, 0.3) is 11.3 Å². The van der Waals surface area contributed by atoms with Gasteiger partial charge in [0.15, 0.2) is 5.13 Å². The smallest absolute Gasteiger partial charge is 0.183 e. The molecule has 0 aliphatic carbocycles. The van der Waals surface area contributed by atoms with E-state index in [0.29, 0.717) is 6.61 Å². The zero-order chi connectivity index (χ0) is 12.3. The predicted octanol–water partition coefficient (Wildman–Crippen LogP) is 3.55. The predicted molar refractivity (Wildman–Crippen MR) is 75.3 cm³/mol. The van der Waals surface area contributed by atoms with Gasteiger partial charge >= 0.3 is 0 Å². The van der Waals surface area contributed by atoms with Crippen LogP contribution in [-0.2, 0) is 4.74 Å². The maximum atomic E-state index is 4.99. The molecule has 0 aliphatic heterocycles. The Balaban J connectivity index is 2.10. The average Bonchev–Trinajstić information content (AvgIpc) is 2.86. The Morgan fingerprint density at radius 3 is 2.88 bits per heavy atom. The molecular formula is C12H16N2OS2. The number of nitrogens with one attached hydrogen (secondary N) is 1. The Morgan fingerprint density at radius 2 is 2.24 bits per heavy atom. The van der Waals surface area contributed by atoms with Gasteiger partial charge in [-0.25, -0.2) is 4.98 Å². The van der Waals surface area contributed by atoms with Crippen molar-refractivity contribution in [2.75, 3.05) is 25.6 Å². The highest BCUT2D eigenvalue weighted by Crippen LogP contribution is 2.32. The van der Waals surface area contributed by atoms with E-state index in [1.807, 2.05) is 11.3 Å². The monoisotopic (exact) mass is 268 g/mol. The number of thiazole rings is 1. The van der Waals surface area contributed by atoms with Crippen LogP contribution in [0.5, 0.6) is 0 Å². The Labute approximate surface area is 109 Å². The van der Waals surface area contributed by atoms with E-state index in [1.54, 1.807) is 18.4 Å². The average molecular weight is 268 g/mol. The Bertz CT molecular complexity index is 490. The van der Waals surface area contributed by atoms with Gasteiger partial charge in [-0.05, 0) is 19.9 Å². The van der Waals surface area contributed by atoms with Crippen LogP contribution in [-0.4, -0.2) is 25.2 Å². The summed E-state index contributed by atoms with van der Waals surface area (Å²) in [5.74, 6) is 0. The lowest BCUT2D eigenvalue weighted by atomic mass is 10.2. The summed E-state index contributed by atoms with van der Waals surface area (Å²) < 4.78 is 4.99. The number of hydrogen-bond acceptors (Lipinski definition) is 5. The van der Waals surface area contributed by atoms with Crippen LogP contribution in [0.1, 0.15) is 9.75 Å². The van der Waals surface area contributed by atoms with Gasteiger partial charge in [0, 0.05) is 34.4 Å². The lowest BCUT2D eigenvalue weighted by Gasteiger charge is -2.00. The molecule has 0 spiro atoms. The van der Waals surface area contributed by atoms with Crippen molar-refractivity contribution in [3.63, 3.8) is 0 Å². The van der Waals surface area contributed by atoms with Gasteiger partial charge in [0.2, 0.25) is 0 Å². The molecule has 1 N–H and O–H groups in total. The highest BCUT2D eigenvalue weighted by Gasteiger charge is 2.09. The Hall–Kier alpha value is -0.910. The number of nitrogens with zero attached hydrogens (tertiary/aromatic N) is 1. The van der Waals surface area contributed by atoms with Crippen molar-refractivity contribution in [2.45, 2.75) is 13.8 Å². The molecule has 0 saturated carbocycles. The van der Waals surface area contributed by atoms with E-state index >= 15 is 0 Å². The summed E-state index contributed by atoms with van der Waals surface area (Å²) in [6.45, 7) is 5.77. The minimum absolute atomic E-state index is 0.700. The third-order valence-corrected chi connectivity index (χ3v) is 4.17. The molecule has 0 bridgehead atoms. The molecule has 0 amide bonds. The number of anilines is 1. The number of aryl methyl sites for hydroxylation is 2. The molecule has 0 radical (unpaired) electrons. The quantitative estimate of drug-likeness (QED) is 0.842. The van der Waals surface area contributed by atoms with Crippen LogP contribution in [0.4, 0.5) is 5.13 Å². The molecule has 2 rings (SSSR count). The third kappa shape index (κ3) is 3.06. The second kappa shape index (κ2) is 5.62. The zero-order valence-electron chi connectivity index (χ0n) is 10.2. The van der Waals surface area contributed by atoms with Gasteiger partial charge in [-0.2, -0.15) is 0 Å². The van der Waals surface area contributed by atoms with Crippen LogP contribution in [0.2, 0.25) is 0 Å². The largest absolute Gasteiger partial charge is 0.383 e. The van der Waals surface area contributed by atoms with E-state index in [1.165, 1.54) is 15.3 Å². The summed E-state index contributed by atoms with van der Waals surface area (Å²) in [4.78, 5) is 7.25. The Kier molecular flexibility index (Phi) is 4.15. The van der Waals surface area contributed by atoms with Crippen LogP contribution in [0.3, 0.4) is 0 Å². The molecule has 0 aliphatic rings. The van der Waals surface area contributed by atoms with E-state index in [0.717, 1.165) is 17.4 Å². The van der Waals surface area contributed by atoms with Crippen molar-refractivity contribution in [3.05, 3.63) is 21.2 Å². The first-order valence-electron chi connectivity index (χ1n) is 5.46. The molecule has 5 heteroatoms. The molecular weight excluding hydrogens is 252 g/mol. The molecule has 0 aromatic carbocycles. The maximum absolute atomic E-state index is 4.99. The fraction of sp³-hybridized carbons (Fsp3) is 0.417. The van der Waals surface area contributed by atoms with Crippen LogP contribution in [0.15, 0.2) is 11.4 Å². The highest BCUT2D eigenvalue weighted by molar-refractivity contribution is 7.14.